The minimum atomic E-state index is 0.0295. The highest BCUT2D eigenvalue weighted by Gasteiger charge is 2.18. The van der Waals surface area contributed by atoms with Gasteiger partial charge in [0.15, 0.2) is 0 Å². The standard InChI is InChI=1S/C11H20N4/c1-11(2,3)15-8-10(13-14-15)7-12-9-5-4-6-9/h8-9,12H,4-7H2,1-3H3. The maximum atomic E-state index is 4.16. The summed E-state index contributed by atoms with van der Waals surface area (Å²) in [6, 6.07) is 0.713. The van der Waals surface area contributed by atoms with Crippen LogP contribution in [0.15, 0.2) is 6.20 Å². The van der Waals surface area contributed by atoms with Crippen molar-refractivity contribution in [3.63, 3.8) is 0 Å². The van der Waals surface area contributed by atoms with Crippen LogP contribution in [-0.4, -0.2) is 21.0 Å². The van der Waals surface area contributed by atoms with Crippen LogP contribution >= 0.6 is 0 Å². The van der Waals surface area contributed by atoms with Gasteiger partial charge in [-0.3, -0.25) is 0 Å². The van der Waals surface area contributed by atoms with Crippen molar-refractivity contribution in [2.75, 3.05) is 0 Å². The van der Waals surface area contributed by atoms with E-state index in [4.69, 9.17) is 0 Å². The van der Waals surface area contributed by atoms with E-state index >= 15 is 0 Å². The lowest BCUT2D eigenvalue weighted by Gasteiger charge is -2.25. The predicted molar refractivity (Wildman–Crippen MR) is 59.5 cm³/mol. The molecule has 1 aromatic heterocycles. The summed E-state index contributed by atoms with van der Waals surface area (Å²) in [5, 5.41) is 11.8. The SMILES string of the molecule is CC(C)(C)n1cc(CNC2CCC2)nn1. The van der Waals surface area contributed by atoms with Gasteiger partial charge in [0.25, 0.3) is 0 Å². The smallest absolute Gasteiger partial charge is 0.0965 e. The van der Waals surface area contributed by atoms with Crippen molar-refractivity contribution < 1.29 is 0 Å². The highest BCUT2D eigenvalue weighted by Crippen LogP contribution is 2.18. The maximum absolute atomic E-state index is 4.16. The minimum Gasteiger partial charge on any atom is -0.308 e. The van der Waals surface area contributed by atoms with E-state index in [0.29, 0.717) is 6.04 Å². The summed E-state index contributed by atoms with van der Waals surface area (Å²) < 4.78 is 1.92. The lowest BCUT2D eigenvalue weighted by Crippen LogP contribution is -2.34. The van der Waals surface area contributed by atoms with Gasteiger partial charge in [0.05, 0.1) is 17.4 Å². The number of hydrogen-bond acceptors (Lipinski definition) is 3. The Kier molecular flexibility index (Phi) is 2.78. The Bertz CT molecular complexity index is 320. The van der Waals surface area contributed by atoms with Crippen molar-refractivity contribution in [2.24, 2.45) is 0 Å². The molecule has 0 aliphatic heterocycles. The Hall–Kier alpha value is -0.900. The van der Waals surface area contributed by atoms with Crippen molar-refractivity contribution >= 4 is 0 Å². The molecule has 1 heterocycles. The third-order valence-electron chi connectivity index (χ3n) is 2.91. The molecule has 0 radical (unpaired) electrons. The van der Waals surface area contributed by atoms with Gasteiger partial charge in [-0.1, -0.05) is 11.6 Å². The second-order valence-electron chi connectivity index (χ2n) is 5.33. The van der Waals surface area contributed by atoms with E-state index < -0.39 is 0 Å². The fourth-order valence-corrected chi connectivity index (χ4v) is 1.57. The van der Waals surface area contributed by atoms with Crippen LogP contribution in [-0.2, 0) is 12.1 Å². The molecular weight excluding hydrogens is 188 g/mol. The molecule has 0 aromatic carbocycles. The van der Waals surface area contributed by atoms with Crippen LogP contribution in [0.5, 0.6) is 0 Å². The molecule has 1 N–H and O–H groups in total. The number of nitrogens with zero attached hydrogens (tertiary/aromatic N) is 3. The normalized spacial score (nSPS) is 17.8. The van der Waals surface area contributed by atoms with E-state index in [1.807, 2.05) is 10.9 Å². The first-order chi connectivity index (χ1) is 7.05. The van der Waals surface area contributed by atoms with Crippen LogP contribution in [0.1, 0.15) is 45.7 Å². The summed E-state index contributed by atoms with van der Waals surface area (Å²) in [5.41, 5.74) is 1.07. The van der Waals surface area contributed by atoms with E-state index in [-0.39, 0.29) is 5.54 Å². The molecule has 4 nitrogen and oxygen atoms in total. The second kappa shape index (κ2) is 3.93. The van der Waals surface area contributed by atoms with Gasteiger partial charge in [-0.05, 0) is 33.6 Å². The maximum Gasteiger partial charge on any atom is 0.0965 e. The Balaban J connectivity index is 1.89. The number of rotatable bonds is 3. The van der Waals surface area contributed by atoms with Crippen LogP contribution in [0, 0.1) is 0 Å². The molecule has 4 heteroatoms. The van der Waals surface area contributed by atoms with Crippen LogP contribution in [0.2, 0.25) is 0 Å². The van der Waals surface area contributed by atoms with Gasteiger partial charge in [-0.2, -0.15) is 0 Å². The third kappa shape index (κ3) is 2.56. The van der Waals surface area contributed by atoms with Gasteiger partial charge < -0.3 is 5.32 Å². The zero-order valence-electron chi connectivity index (χ0n) is 9.82. The van der Waals surface area contributed by atoms with Gasteiger partial charge in [0.2, 0.25) is 0 Å². The second-order valence-corrected chi connectivity index (χ2v) is 5.33. The molecule has 1 fully saturated rings. The highest BCUT2D eigenvalue weighted by molar-refractivity contribution is 4.95. The Morgan fingerprint density at radius 3 is 2.67 bits per heavy atom. The van der Waals surface area contributed by atoms with Crippen molar-refractivity contribution in [3.05, 3.63) is 11.9 Å². The molecule has 1 aliphatic carbocycles. The Morgan fingerprint density at radius 2 is 2.20 bits per heavy atom. The lowest BCUT2D eigenvalue weighted by molar-refractivity contribution is 0.336. The quantitative estimate of drug-likeness (QED) is 0.821. The van der Waals surface area contributed by atoms with Gasteiger partial charge in [-0.25, -0.2) is 4.68 Å². The highest BCUT2D eigenvalue weighted by atomic mass is 15.4. The van der Waals surface area contributed by atoms with Crippen molar-refractivity contribution in [1.29, 1.82) is 0 Å². The van der Waals surface area contributed by atoms with Crippen LogP contribution in [0.3, 0.4) is 0 Å². The molecule has 84 valence electrons. The zero-order valence-corrected chi connectivity index (χ0v) is 9.82. The van der Waals surface area contributed by atoms with E-state index in [2.05, 4.69) is 36.4 Å². The average molecular weight is 208 g/mol. The van der Waals surface area contributed by atoms with E-state index in [0.717, 1.165) is 12.2 Å². The molecule has 0 spiro atoms. The molecule has 1 aliphatic rings. The predicted octanol–water partition coefficient (Wildman–Crippen LogP) is 1.68. The molecule has 1 saturated carbocycles. The van der Waals surface area contributed by atoms with Crippen molar-refractivity contribution in [1.82, 2.24) is 20.3 Å². The number of aromatic nitrogens is 3. The summed E-state index contributed by atoms with van der Waals surface area (Å²) in [6.07, 6.45) is 6.03. The third-order valence-corrected chi connectivity index (χ3v) is 2.91. The molecule has 2 rings (SSSR count). The number of hydrogen-bond donors (Lipinski definition) is 1. The zero-order chi connectivity index (χ0) is 10.9. The van der Waals surface area contributed by atoms with Crippen molar-refractivity contribution in [2.45, 2.75) is 58.2 Å². The fraction of sp³-hybridized carbons (Fsp3) is 0.818. The largest absolute Gasteiger partial charge is 0.308 e. The summed E-state index contributed by atoms with van der Waals surface area (Å²) in [4.78, 5) is 0. The summed E-state index contributed by atoms with van der Waals surface area (Å²) >= 11 is 0. The molecule has 0 saturated heterocycles. The average Bonchev–Trinajstić information content (AvgIpc) is 2.48. The molecule has 1 aromatic rings. The van der Waals surface area contributed by atoms with Gasteiger partial charge in [0, 0.05) is 12.6 Å². The summed E-state index contributed by atoms with van der Waals surface area (Å²) in [6.45, 7) is 7.24. The molecule has 0 amide bonds. The number of nitrogens with one attached hydrogen (secondary N) is 1. The molecule has 15 heavy (non-hydrogen) atoms. The van der Waals surface area contributed by atoms with Gasteiger partial charge in [0.1, 0.15) is 0 Å². The summed E-state index contributed by atoms with van der Waals surface area (Å²) in [5.74, 6) is 0. The van der Waals surface area contributed by atoms with E-state index in [1.54, 1.807) is 0 Å². The minimum absolute atomic E-state index is 0.0295. The molecule has 0 atom stereocenters. The Labute approximate surface area is 91.1 Å². The van der Waals surface area contributed by atoms with Crippen LogP contribution in [0.4, 0.5) is 0 Å². The van der Waals surface area contributed by atoms with Crippen LogP contribution < -0.4 is 5.32 Å². The van der Waals surface area contributed by atoms with E-state index in [1.165, 1.54) is 19.3 Å². The first-order valence-corrected chi connectivity index (χ1v) is 5.71. The Morgan fingerprint density at radius 1 is 1.47 bits per heavy atom. The van der Waals surface area contributed by atoms with E-state index in [9.17, 15) is 0 Å². The molecule has 0 bridgehead atoms. The van der Waals surface area contributed by atoms with Crippen LogP contribution in [0.25, 0.3) is 0 Å². The van der Waals surface area contributed by atoms with Gasteiger partial charge >= 0.3 is 0 Å². The van der Waals surface area contributed by atoms with Crippen molar-refractivity contribution in [3.8, 4) is 0 Å². The molecule has 0 unspecified atom stereocenters. The monoisotopic (exact) mass is 208 g/mol. The topological polar surface area (TPSA) is 42.7 Å². The summed E-state index contributed by atoms with van der Waals surface area (Å²) in [7, 11) is 0. The first kappa shape index (κ1) is 10.6. The lowest BCUT2D eigenvalue weighted by atomic mass is 9.93. The first-order valence-electron chi connectivity index (χ1n) is 5.71. The fourth-order valence-electron chi connectivity index (χ4n) is 1.57. The van der Waals surface area contributed by atoms with Gasteiger partial charge in [-0.15, -0.1) is 5.10 Å². The molecular formula is C11H20N4.